The molecule has 1 saturated carbocycles. The quantitative estimate of drug-likeness (QED) is 0.708. The number of hydrogen-bond donors (Lipinski definition) is 1. The first-order chi connectivity index (χ1) is 7.31. The molecular weight excluding hydrogens is 186 g/mol. The van der Waals surface area contributed by atoms with Crippen LogP contribution in [0.2, 0.25) is 0 Å². The molecule has 1 N–H and O–H groups in total. The smallest absolute Gasteiger partial charge is 0.0471 e. The minimum absolute atomic E-state index is 0.387. The van der Waals surface area contributed by atoms with E-state index in [1.807, 2.05) is 0 Å². The third-order valence-corrected chi connectivity index (χ3v) is 4.36. The van der Waals surface area contributed by atoms with E-state index < -0.39 is 0 Å². The van der Waals surface area contributed by atoms with Crippen molar-refractivity contribution >= 4 is 0 Å². The van der Waals surface area contributed by atoms with Crippen LogP contribution in [0.25, 0.3) is 0 Å². The van der Waals surface area contributed by atoms with Crippen molar-refractivity contribution in [2.45, 2.75) is 51.5 Å². The van der Waals surface area contributed by atoms with Gasteiger partial charge in [0.05, 0.1) is 0 Å². The van der Waals surface area contributed by atoms with Gasteiger partial charge in [0.2, 0.25) is 0 Å². The van der Waals surface area contributed by atoms with Gasteiger partial charge in [0.15, 0.2) is 0 Å². The minimum Gasteiger partial charge on any atom is -0.396 e. The summed E-state index contributed by atoms with van der Waals surface area (Å²) in [5, 5.41) is 9.18. The van der Waals surface area contributed by atoms with Gasteiger partial charge < -0.3 is 5.11 Å². The molecule has 3 unspecified atom stereocenters. The van der Waals surface area contributed by atoms with Crippen molar-refractivity contribution in [1.82, 2.24) is 4.90 Å². The number of rotatable bonds is 2. The van der Waals surface area contributed by atoms with Crippen LogP contribution in [0.15, 0.2) is 0 Å². The Morgan fingerprint density at radius 2 is 1.93 bits per heavy atom. The topological polar surface area (TPSA) is 23.5 Å². The van der Waals surface area contributed by atoms with Gasteiger partial charge in [0, 0.05) is 19.2 Å². The largest absolute Gasteiger partial charge is 0.396 e. The van der Waals surface area contributed by atoms with Crippen LogP contribution in [0.4, 0.5) is 0 Å². The van der Waals surface area contributed by atoms with Crippen LogP contribution in [0.3, 0.4) is 0 Å². The van der Waals surface area contributed by atoms with Gasteiger partial charge in [0.25, 0.3) is 0 Å². The zero-order valence-corrected chi connectivity index (χ0v) is 9.99. The van der Waals surface area contributed by atoms with Crippen molar-refractivity contribution in [2.24, 2.45) is 11.8 Å². The summed E-state index contributed by atoms with van der Waals surface area (Å²) in [5.41, 5.74) is 0. The summed E-state index contributed by atoms with van der Waals surface area (Å²) in [7, 11) is 0. The Bertz CT molecular complexity index is 195. The zero-order valence-electron chi connectivity index (χ0n) is 9.99. The molecule has 0 bridgehead atoms. The lowest BCUT2D eigenvalue weighted by Crippen LogP contribution is -2.37. The molecule has 88 valence electrons. The lowest BCUT2D eigenvalue weighted by atomic mass is 9.95. The van der Waals surface area contributed by atoms with E-state index >= 15 is 0 Å². The summed E-state index contributed by atoms with van der Waals surface area (Å²) in [5.74, 6) is 1.42. The van der Waals surface area contributed by atoms with Gasteiger partial charge in [0.1, 0.15) is 0 Å². The molecule has 1 saturated heterocycles. The lowest BCUT2D eigenvalue weighted by molar-refractivity contribution is 0.155. The molecule has 2 heteroatoms. The summed E-state index contributed by atoms with van der Waals surface area (Å²) in [6.45, 7) is 5.17. The maximum atomic E-state index is 9.18. The molecule has 0 aromatic heterocycles. The predicted octanol–water partition coefficient (Wildman–Crippen LogP) is 2.27. The standard InChI is InChI=1S/C13H25NO/c1-11-5-3-2-4-6-13(11)14-8-7-12(9-14)10-15/h11-13,15H,2-10H2,1H3. The van der Waals surface area contributed by atoms with Gasteiger partial charge in [-0.25, -0.2) is 0 Å². The Kier molecular flexibility index (Phi) is 4.04. The van der Waals surface area contributed by atoms with Crippen LogP contribution in [0.5, 0.6) is 0 Å². The van der Waals surface area contributed by atoms with Crippen LogP contribution in [-0.4, -0.2) is 35.7 Å². The fourth-order valence-electron chi connectivity index (χ4n) is 3.33. The van der Waals surface area contributed by atoms with E-state index in [0.29, 0.717) is 12.5 Å². The third-order valence-electron chi connectivity index (χ3n) is 4.36. The predicted molar refractivity (Wildman–Crippen MR) is 62.8 cm³/mol. The Hall–Kier alpha value is -0.0800. The number of hydrogen-bond acceptors (Lipinski definition) is 2. The molecule has 0 amide bonds. The van der Waals surface area contributed by atoms with Crippen molar-refractivity contribution in [1.29, 1.82) is 0 Å². The van der Waals surface area contributed by atoms with Gasteiger partial charge in [-0.15, -0.1) is 0 Å². The van der Waals surface area contributed by atoms with E-state index in [9.17, 15) is 5.11 Å². The SMILES string of the molecule is CC1CCCCCC1N1CCC(CO)C1. The lowest BCUT2D eigenvalue weighted by Gasteiger charge is -2.31. The molecule has 1 aliphatic carbocycles. The molecule has 2 aliphatic rings. The highest BCUT2D eigenvalue weighted by atomic mass is 16.3. The van der Waals surface area contributed by atoms with Crippen molar-refractivity contribution < 1.29 is 5.11 Å². The van der Waals surface area contributed by atoms with Crippen LogP contribution < -0.4 is 0 Å². The van der Waals surface area contributed by atoms with Crippen LogP contribution >= 0.6 is 0 Å². The second-order valence-corrected chi connectivity index (χ2v) is 5.51. The molecule has 0 aromatic carbocycles. The molecule has 1 aliphatic heterocycles. The van der Waals surface area contributed by atoms with E-state index in [0.717, 1.165) is 18.5 Å². The van der Waals surface area contributed by atoms with Crippen molar-refractivity contribution in [3.05, 3.63) is 0 Å². The summed E-state index contributed by atoms with van der Waals surface area (Å²) in [6, 6.07) is 0.809. The second-order valence-electron chi connectivity index (χ2n) is 5.51. The first-order valence-corrected chi connectivity index (χ1v) is 6.66. The monoisotopic (exact) mass is 211 g/mol. The van der Waals surface area contributed by atoms with E-state index in [2.05, 4.69) is 11.8 Å². The molecule has 2 nitrogen and oxygen atoms in total. The molecule has 0 radical (unpaired) electrons. The van der Waals surface area contributed by atoms with E-state index in [1.54, 1.807) is 0 Å². The summed E-state index contributed by atoms with van der Waals surface area (Å²) >= 11 is 0. The fourth-order valence-corrected chi connectivity index (χ4v) is 3.33. The summed E-state index contributed by atoms with van der Waals surface area (Å²) in [6.07, 6.45) is 8.27. The summed E-state index contributed by atoms with van der Waals surface area (Å²) in [4.78, 5) is 2.65. The Morgan fingerprint density at radius 1 is 1.13 bits per heavy atom. The zero-order chi connectivity index (χ0) is 10.7. The molecule has 0 aromatic rings. The number of aliphatic hydroxyl groups is 1. The number of aliphatic hydroxyl groups excluding tert-OH is 1. The van der Waals surface area contributed by atoms with Gasteiger partial charge in [-0.3, -0.25) is 4.90 Å². The summed E-state index contributed by atoms with van der Waals surface area (Å²) < 4.78 is 0. The molecule has 0 spiro atoms. The average molecular weight is 211 g/mol. The molecule has 3 atom stereocenters. The highest BCUT2D eigenvalue weighted by Crippen LogP contribution is 2.30. The van der Waals surface area contributed by atoms with Crippen LogP contribution in [0, 0.1) is 11.8 Å². The highest BCUT2D eigenvalue weighted by Gasteiger charge is 2.31. The fraction of sp³-hybridized carbons (Fsp3) is 1.00. The first kappa shape index (κ1) is 11.4. The maximum absolute atomic E-state index is 9.18. The second kappa shape index (κ2) is 5.31. The van der Waals surface area contributed by atoms with Crippen LogP contribution in [0.1, 0.15) is 45.4 Å². The van der Waals surface area contributed by atoms with E-state index in [4.69, 9.17) is 0 Å². The van der Waals surface area contributed by atoms with Gasteiger partial charge in [-0.05, 0) is 37.6 Å². The van der Waals surface area contributed by atoms with Gasteiger partial charge >= 0.3 is 0 Å². The molecule has 2 fully saturated rings. The molecule has 1 heterocycles. The Balaban J connectivity index is 1.90. The average Bonchev–Trinajstić information content (AvgIpc) is 2.62. The van der Waals surface area contributed by atoms with Crippen molar-refractivity contribution in [3.63, 3.8) is 0 Å². The number of likely N-dealkylation sites (tertiary alicyclic amines) is 1. The van der Waals surface area contributed by atoms with Crippen LogP contribution in [-0.2, 0) is 0 Å². The highest BCUT2D eigenvalue weighted by molar-refractivity contribution is 4.85. The first-order valence-electron chi connectivity index (χ1n) is 6.66. The third kappa shape index (κ3) is 2.73. The van der Waals surface area contributed by atoms with Gasteiger partial charge in [-0.1, -0.05) is 26.2 Å². The Labute approximate surface area is 93.7 Å². The maximum Gasteiger partial charge on any atom is 0.0471 e. The normalized spacial score (nSPS) is 39.2. The Morgan fingerprint density at radius 3 is 2.67 bits per heavy atom. The molecule has 2 rings (SSSR count). The minimum atomic E-state index is 0.387. The molecule has 15 heavy (non-hydrogen) atoms. The van der Waals surface area contributed by atoms with Gasteiger partial charge in [-0.2, -0.15) is 0 Å². The van der Waals surface area contributed by atoms with E-state index in [1.165, 1.54) is 45.1 Å². The molecular formula is C13H25NO. The van der Waals surface area contributed by atoms with Crippen molar-refractivity contribution in [3.8, 4) is 0 Å². The number of nitrogens with zero attached hydrogens (tertiary/aromatic N) is 1. The van der Waals surface area contributed by atoms with E-state index in [-0.39, 0.29) is 0 Å². The van der Waals surface area contributed by atoms with Crippen molar-refractivity contribution in [2.75, 3.05) is 19.7 Å².